The molecule has 1 saturated carbocycles. The molecule has 0 spiro atoms. The minimum absolute atomic E-state index is 0.246. The Morgan fingerprint density at radius 2 is 1.62 bits per heavy atom. The van der Waals surface area contributed by atoms with Crippen LogP contribution in [0.1, 0.15) is 36.4 Å². The van der Waals surface area contributed by atoms with Gasteiger partial charge in [-0.25, -0.2) is 0 Å². The van der Waals surface area contributed by atoms with Gasteiger partial charge in [-0.3, -0.25) is 0 Å². The predicted octanol–water partition coefficient (Wildman–Crippen LogP) is 4.59. The number of hydrazone groups is 1. The minimum Gasteiger partial charge on any atom is -0.497 e. The van der Waals surface area contributed by atoms with Gasteiger partial charge in [-0.2, -0.15) is 5.10 Å². The fourth-order valence-corrected chi connectivity index (χ4v) is 3.89. The maximum atomic E-state index is 5.27. The van der Waals surface area contributed by atoms with E-state index in [0.717, 1.165) is 17.9 Å². The fourth-order valence-electron chi connectivity index (χ4n) is 3.89. The summed E-state index contributed by atoms with van der Waals surface area (Å²) in [5, 5.41) is 4.71. The zero-order chi connectivity index (χ0) is 17.9. The third kappa shape index (κ3) is 3.19. The Morgan fingerprint density at radius 3 is 2.27 bits per heavy atom. The van der Waals surface area contributed by atoms with Crippen molar-refractivity contribution in [3.8, 4) is 11.5 Å². The van der Waals surface area contributed by atoms with Crippen molar-refractivity contribution in [1.82, 2.24) is 5.43 Å². The zero-order valence-electron chi connectivity index (χ0n) is 15.2. The summed E-state index contributed by atoms with van der Waals surface area (Å²) in [6.45, 7) is 0. The topological polar surface area (TPSA) is 42.8 Å². The molecular formula is C22H24N2O2. The van der Waals surface area contributed by atoms with Crippen LogP contribution < -0.4 is 14.9 Å². The second kappa shape index (κ2) is 7.24. The number of methoxy groups -OCH3 is 2. The van der Waals surface area contributed by atoms with Crippen LogP contribution in [0.2, 0.25) is 0 Å². The van der Waals surface area contributed by atoms with Crippen molar-refractivity contribution in [2.75, 3.05) is 14.2 Å². The molecule has 1 heterocycles. The fraction of sp³-hybridized carbons (Fsp3) is 0.318. The first-order valence-corrected chi connectivity index (χ1v) is 9.10. The highest BCUT2D eigenvalue weighted by Gasteiger charge is 2.36. The molecule has 2 atom stereocenters. The lowest BCUT2D eigenvalue weighted by Gasteiger charge is -2.26. The van der Waals surface area contributed by atoms with Crippen molar-refractivity contribution in [2.24, 2.45) is 11.0 Å². The van der Waals surface area contributed by atoms with Crippen LogP contribution in [0.3, 0.4) is 0 Å². The van der Waals surface area contributed by atoms with Gasteiger partial charge in [0, 0.05) is 5.92 Å². The first-order chi connectivity index (χ1) is 12.8. The molecule has 1 fully saturated rings. The molecule has 26 heavy (non-hydrogen) atoms. The Balaban J connectivity index is 1.56. The largest absolute Gasteiger partial charge is 0.497 e. The Hall–Kier alpha value is -2.75. The molecule has 4 rings (SSSR count). The van der Waals surface area contributed by atoms with Crippen molar-refractivity contribution in [3.05, 3.63) is 65.2 Å². The van der Waals surface area contributed by atoms with Gasteiger partial charge in [-0.1, -0.05) is 24.3 Å². The Labute approximate surface area is 154 Å². The van der Waals surface area contributed by atoms with Crippen LogP contribution in [0.5, 0.6) is 11.5 Å². The molecule has 0 saturated heterocycles. The van der Waals surface area contributed by atoms with E-state index in [9.17, 15) is 0 Å². The second-order valence-electron chi connectivity index (χ2n) is 6.82. The zero-order valence-corrected chi connectivity index (χ0v) is 15.2. The number of hydrogen-bond donors (Lipinski definition) is 1. The first-order valence-electron chi connectivity index (χ1n) is 9.10. The third-order valence-electron chi connectivity index (χ3n) is 5.30. The van der Waals surface area contributed by atoms with E-state index >= 15 is 0 Å². The lowest BCUT2D eigenvalue weighted by Crippen LogP contribution is -2.25. The first kappa shape index (κ1) is 16.7. The molecule has 2 aromatic rings. The standard InChI is InChI=1S/C22H24N2O2/c1-25-18-10-6-15(7-11-18)14-17-4-3-5-20-21(23-24-22(17)20)16-8-12-19(26-2)13-9-16/h6-14,20-21,23H,3-5H2,1-2H3/b17-14+/t20-,21+/m1/s1. The lowest BCUT2D eigenvalue weighted by atomic mass is 9.78. The van der Waals surface area contributed by atoms with Crippen LogP contribution in [0.4, 0.5) is 0 Å². The van der Waals surface area contributed by atoms with E-state index in [2.05, 4.69) is 35.8 Å². The molecule has 2 aromatic carbocycles. The smallest absolute Gasteiger partial charge is 0.118 e. The molecule has 4 heteroatoms. The molecule has 1 aliphatic carbocycles. The Bertz CT molecular complexity index is 822. The predicted molar refractivity (Wildman–Crippen MR) is 105 cm³/mol. The summed E-state index contributed by atoms with van der Waals surface area (Å²) in [6.07, 6.45) is 5.71. The van der Waals surface area contributed by atoms with Gasteiger partial charge in [0.1, 0.15) is 11.5 Å². The molecule has 0 radical (unpaired) electrons. The highest BCUT2D eigenvalue weighted by Crippen LogP contribution is 2.39. The summed E-state index contributed by atoms with van der Waals surface area (Å²) in [6, 6.07) is 16.8. The molecule has 2 aliphatic rings. The average molecular weight is 348 g/mol. The van der Waals surface area contributed by atoms with Gasteiger partial charge in [0.05, 0.1) is 26.0 Å². The maximum Gasteiger partial charge on any atom is 0.118 e. The van der Waals surface area contributed by atoms with Gasteiger partial charge in [0.15, 0.2) is 0 Å². The average Bonchev–Trinajstić information content (AvgIpc) is 3.14. The van der Waals surface area contributed by atoms with Crippen LogP contribution in [-0.4, -0.2) is 19.9 Å². The van der Waals surface area contributed by atoms with Gasteiger partial charge in [0.25, 0.3) is 0 Å². The normalized spacial score (nSPS) is 23.2. The molecule has 0 amide bonds. The maximum absolute atomic E-state index is 5.27. The number of fused-ring (bicyclic) bond motifs is 1. The summed E-state index contributed by atoms with van der Waals surface area (Å²) < 4.78 is 10.5. The van der Waals surface area contributed by atoms with Crippen LogP contribution in [0.25, 0.3) is 6.08 Å². The molecule has 0 bridgehead atoms. The molecule has 0 aromatic heterocycles. The number of rotatable bonds is 4. The number of hydrogen-bond acceptors (Lipinski definition) is 4. The van der Waals surface area contributed by atoms with E-state index in [-0.39, 0.29) is 6.04 Å². The number of ether oxygens (including phenoxy) is 2. The third-order valence-corrected chi connectivity index (χ3v) is 5.30. The van der Waals surface area contributed by atoms with Crippen LogP contribution in [0, 0.1) is 5.92 Å². The van der Waals surface area contributed by atoms with E-state index in [1.807, 2.05) is 24.3 Å². The van der Waals surface area contributed by atoms with Gasteiger partial charge >= 0.3 is 0 Å². The van der Waals surface area contributed by atoms with E-state index in [1.165, 1.54) is 35.3 Å². The number of allylic oxidation sites excluding steroid dienone is 1. The minimum atomic E-state index is 0.246. The van der Waals surface area contributed by atoms with E-state index in [1.54, 1.807) is 14.2 Å². The summed E-state index contributed by atoms with van der Waals surface area (Å²) in [5.41, 5.74) is 8.39. The summed E-state index contributed by atoms with van der Waals surface area (Å²) >= 11 is 0. The van der Waals surface area contributed by atoms with E-state index in [0.29, 0.717) is 5.92 Å². The van der Waals surface area contributed by atoms with Crippen molar-refractivity contribution in [2.45, 2.75) is 25.3 Å². The molecular weight excluding hydrogens is 324 g/mol. The molecule has 1 N–H and O–H groups in total. The molecule has 4 nitrogen and oxygen atoms in total. The summed E-state index contributed by atoms with van der Waals surface area (Å²) in [4.78, 5) is 0. The van der Waals surface area contributed by atoms with Crippen molar-refractivity contribution in [3.63, 3.8) is 0 Å². The summed E-state index contributed by atoms with van der Waals surface area (Å²) in [7, 11) is 3.39. The van der Waals surface area contributed by atoms with Crippen molar-refractivity contribution in [1.29, 1.82) is 0 Å². The quantitative estimate of drug-likeness (QED) is 0.879. The van der Waals surface area contributed by atoms with Gasteiger partial charge in [-0.15, -0.1) is 0 Å². The Kier molecular flexibility index (Phi) is 4.65. The number of nitrogens with zero attached hydrogens (tertiary/aromatic N) is 1. The van der Waals surface area contributed by atoms with Crippen molar-refractivity contribution < 1.29 is 9.47 Å². The molecule has 0 unspecified atom stereocenters. The van der Waals surface area contributed by atoms with Crippen LogP contribution >= 0.6 is 0 Å². The summed E-state index contributed by atoms with van der Waals surface area (Å²) in [5.74, 6) is 2.20. The SMILES string of the molecule is COc1ccc(/C=C2\CCC[C@H]3C2=NN[C@H]3c2ccc(OC)cc2)cc1. The van der Waals surface area contributed by atoms with Crippen LogP contribution in [-0.2, 0) is 0 Å². The van der Waals surface area contributed by atoms with Gasteiger partial charge in [0.2, 0.25) is 0 Å². The van der Waals surface area contributed by atoms with Crippen molar-refractivity contribution >= 4 is 11.8 Å². The van der Waals surface area contributed by atoms with Gasteiger partial charge in [-0.05, 0) is 66.3 Å². The number of nitrogens with one attached hydrogen (secondary N) is 1. The molecule has 134 valence electrons. The monoisotopic (exact) mass is 348 g/mol. The highest BCUT2D eigenvalue weighted by atomic mass is 16.5. The number of benzene rings is 2. The van der Waals surface area contributed by atoms with E-state index < -0.39 is 0 Å². The second-order valence-corrected chi connectivity index (χ2v) is 6.82. The molecule has 1 aliphatic heterocycles. The van der Waals surface area contributed by atoms with E-state index in [4.69, 9.17) is 14.6 Å². The van der Waals surface area contributed by atoms with Gasteiger partial charge < -0.3 is 14.9 Å². The lowest BCUT2D eigenvalue weighted by molar-refractivity contribution is 0.413. The van der Waals surface area contributed by atoms with Crippen LogP contribution in [0.15, 0.2) is 59.2 Å². The Morgan fingerprint density at radius 1 is 0.962 bits per heavy atom. The highest BCUT2D eigenvalue weighted by molar-refractivity contribution is 6.07.